The largest absolute Gasteiger partial charge is 0.493 e. The molecule has 1 aromatic carbocycles. The summed E-state index contributed by atoms with van der Waals surface area (Å²) in [6, 6.07) is 12.8. The first-order valence-electron chi connectivity index (χ1n) is 15.1. The van der Waals surface area contributed by atoms with E-state index in [1.54, 1.807) is 32.2 Å². The van der Waals surface area contributed by atoms with E-state index in [1.807, 2.05) is 45.0 Å². The van der Waals surface area contributed by atoms with Crippen LogP contribution in [0.15, 0.2) is 47.1 Å². The molecule has 248 valence electrons. The average molecular weight is 708 g/mol. The monoisotopic (exact) mass is 706 g/mol. The zero-order chi connectivity index (χ0) is 34.5. The molecule has 1 amide bonds. The fourth-order valence-corrected chi connectivity index (χ4v) is 6.14. The fraction of sp³-hybridized carbons (Fsp3) is 0.441. The number of aromatic nitrogens is 2. The van der Waals surface area contributed by atoms with E-state index in [9.17, 15) is 20.1 Å². The van der Waals surface area contributed by atoms with E-state index >= 15 is 0 Å². The normalized spacial score (nSPS) is 20.2. The van der Waals surface area contributed by atoms with Gasteiger partial charge >= 0.3 is 0 Å². The Hall–Kier alpha value is -4.27. The van der Waals surface area contributed by atoms with Crippen molar-refractivity contribution in [2.24, 2.45) is 5.41 Å². The lowest BCUT2D eigenvalue weighted by Crippen LogP contribution is -2.54. The summed E-state index contributed by atoms with van der Waals surface area (Å²) in [5.74, 6) is 1.19. The minimum absolute atomic E-state index is 0.0868. The molecule has 0 aliphatic carbocycles. The number of aryl methyl sites for hydroxylation is 2. The predicted octanol–water partition coefficient (Wildman–Crippen LogP) is 4.59. The number of nitrogens with zero attached hydrogens (tertiary/aromatic N) is 6. The molecular weight excluding hydrogens is 668 g/mol. The van der Waals surface area contributed by atoms with Crippen LogP contribution in [0.1, 0.15) is 36.7 Å². The number of aliphatic hydroxyl groups excluding tert-OH is 3. The van der Waals surface area contributed by atoms with Gasteiger partial charge in [0, 0.05) is 35.8 Å². The molecule has 0 spiro atoms. The van der Waals surface area contributed by atoms with Crippen LogP contribution in [0, 0.1) is 32.4 Å². The first kappa shape index (κ1) is 35.6. The highest BCUT2D eigenvalue weighted by molar-refractivity contribution is 9.10. The average Bonchev–Trinajstić information content (AvgIpc) is 3.40. The van der Waals surface area contributed by atoms with E-state index in [0.717, 1.165) is 21.7 Å². The number of hydrogen-bond acceptors (Lipinski definition) is 9. The molecule has 12 nitrogen and oxygen atoms in total. The summed E-state index contributed by atoms with van der Waals surface area (Å²) in [4.78, 5) is 31.5. The molecule has 2 aliphatic heterocycles. The number of rotatable bonds is 8. The molecule has 2 aromatic heterocycles. The number of amides is 1. The summed E-state index contributed by atoms with van der Waals surface area (Å²) < 4.78 is 12.6. The van der Waals surface area contributed by atoms with Gasteiger partial charge in [0.25, 0.3) is 5.91 Å². The third-order valence-corrected chi connectivity index (χ3v) is 9.26. The summed E-state index contributed by atoms with van der Waals surface area (Å²) in [5.41, 5.74) is 2.85. The Morgan fingerprint density at radius 2 is 1.68 bits per heavy atom. The SMILES string of the molecule is [C-]#[N+]c1ccc(Br)nc1C.[C-]#[N+]c1ccc(N2CC(Oc3cc([C@@H]4CN(C(=O)[C@@H](O)CO)C[C@@]4(C)[C@@H](C)O)ccc3OC)C2)nc1C. The van der Waals surface area contributed by atoms with Gasteiger partial charge in [-0.1, -0.05) is 25.1 Å². The zero-order valence-electron chi connectivity index (χ0n) is 27.0. The molecule has 2 aliphatic rings. The van der Waals surface area contributed by atoms with Crippen molar-refractivity contribution in [3.63, 3.8) is 0 Å². The maximum absolute atomic E-state index is 12.6. The van der Waals surface area contributed by atoms with E-state index in [4.69, 9.17) is 22.6 Å². The van der Waals surface area contributed by atoms with Crippen molar-refractivity contribution in [2.45, 2.75) is 51.9 Å². The Kier molecular flexibility index (Phi) is 11.4. The molecule has 0 radical (unpaired) electrons. The number of carbonyl (C=O) groups excluding carboxylic acids is 1. The van der Waals surface area contributed by atoms with Crippen molar-refractivity contribution >= 4 is 39.0 Å². The van der Waals surface area contributed by atoms with E-state index < -0.39 is 30.1 Å². The van der Waals surface area contributed by atoms with Gasteiger partial charge in [-0.05, 0) is 66.5 Å². The molecule has 4 heterocycles. The number of halogens is 1. The van der Waals surface area contributed by atoms with Crippen LogP contribution in [0.2, 0.25) is 0 Å². The van der Waals surface area contributed by atoms with Crippen LogP contribution < -0.4 is 14.4 Å². The lowest BCUT2D eigenvalue weighted by molar-refractivity contribution is -0.141. The number of aliphatic hydroxyl groups is 3. The third-order valence-electron chi connectivity index (χ3n) is 8.82. The summed E-state index contributed by atoms with van der Waals surface area (Å²) in [6.45, 7) is 22.3. The third kappa shape index (κ3) is 7.83. The molecular formula is C34H39BrN6O6. The van der Waals surface area contributed by atoms with Crippen molar-refractivity contribution in [1.82, 2.24) is 14.9 Å². The Bertz CT molecular complexity index is 1680. The van der Waals surface area contributed by atoms with Crippen LogP contribution in [-0.2, 0) is 4.79 Å². The second-order valence-electron chi connectivity index (χ2n) is 11.9. The number of methoxy groups -OCH3 is 1. The minimum Gasteiger partial charge on any atom is -0.493 e. The van der Waals surface area contributed by atoms with Crippen LogP contribution in [0.25, 0.3) is 9.69 Å². The van der Waals surface area contributed by atoms with Crippen molar-refractivity contribution < 1.29 is 29.6 Å². The predicted molar refractivity (Wildman–Crippen MR) is 180 cm³/mol. The molecule has 0 saturated carbocycles. The quantitative estimate of drug-likeness (QED) is 0.227. The Morgan fingerprint density at radius 3 is 2.23 bits per heavy atom. The van der Waals surface area contributed by atoms with Gasteiger partial charge in [-0.15, -0.1) is 0 Å². The van der Waals surface area contributed by atoms with Gasteiger partial charge in [-0.25, -0.2) is 14.7 Å². The van der Waals surface area contributed by atoms with E-state index in [-0.39, 0.29) is 18.6 Å². The van der Waals surface area contributed by atoms with Crippen molar-refractivity contribution in [3.05, 3.63) is 86.9 Å². The lowest BCUT2D eigenvalue weighted by atomic mass is 9.72. The topological polar surface area (TPSA) is 137 Å². The maximum atomic E-state index is 12.6. The Morgan fingerprint density at radius 1 is 1.04 bits per heavy atom. The second kappa shape index (κ2) is 15.1. The first-order chi connectivity index (χ1) is 22.3. The van der Waals surface area contributed by atoms with Gasteiger partial charge in [-0.2, -0.15) is 0 Å². The highest BCUT2D eigenvalue weighted by atomic mass is 79.9. The number of anilines is 1. The molecule has 2 saturated heterocycles. The molecule has 13 heteroatoms. The van der Waals surface area contributed by atoms with Crippen molar-refractivity contribution in [1.29, 1.82) is 0 Å². The minimum atomic E-state index is -1.48. The summed E-state index contributed by atoms with van der Waals surface area (Å²) in [7, 11) is 1.58. The summed E-state index contributed by atoms with van der Waals surface area (Å²) in [5, 5.41) is 29.8. The van der Waals surface area contributed by atoms with Crippen LogP contribution in [0.3, 0.4) is 0 Å². The second-order valence-corrected chi connectivity index (χ2v) is 12.8. The van der Waals surface area contributed by atoms with Gasteiger partial charge in [-0.3, -0.25) is 9.78 Å². The standard InChI is InChI=1S/C27H34N4O6.C7H5BrN2/c1-16-21(28-4)7-9-25(29-16)30-11-19(12-30)37-24-10-18(6-8-23(24)36-5)20-13-31(26(35)22(34)14-32)15-27(20,3)17(2)33;1-5-6(9-2)3-4-7(8)10-5/h6-10,17,19-20,22,32-34H,11-15H2,1-3,5H3;3-4H,1H3/t17-,20+,22+,27+;/m1./s1. The van der Waals surface area contributed by atoms with E-state index in [0.29, 0.717) is 48.2 Å². The Balaban J connectivity index is 0.000000427. The van der Waals surface area contributed by atoms with Crippen LogP contribution in [0.4, 0.5) is 17.2 Å². The number of ether oxygens (including phenoxy) is 2. The van der Waals surface area contributed by atoms with Crippen molar-refractivity contribution in [3.8, 4) is 11.5 Å². The fourth-order valence-electron chi connectivity index (χ4n) is 5.74. The molecule has 0 bridgehead atoms. The highest BCUT2D eigenvalue weighted by Gasteiger charge is 2.49. The zero-order valence-corrected chi connectivity index (χ0v) is 28.6. The summed E-state index contributed by atoms with van der Waals surface area (Å²) in [6.07, 6.45) is -2.29. The molecule has 0 unspecified atom stereocenters. The molecule has 3 aromatic rings. The van der Waals surface area contributed by atoms with Crippen LogP contribution >= 0.6 is 15.9 Å². The lowest BCUT2D eigenvalue weighted by Gasteiger charge is -2.40. The van der Waals surface area contributed by atoms with Gasteiger partial charge < -0.3 is 34.6 Å². The highest BCUT2D eigenvalue weighted by Crippen LogP contribution is 2.47. The smallest absolute Gasteiger partial charge is 0.253 e. The van der Waals surface area contributed by atoms with E-state index in [1.165, 1.54) is 4.90 Å². The molecule has 5 rings (SSSR count). The number of benzene rings is 1. The van der Waals surface area contributed by atoms with Gasteiger partial charge in [0.05, 0.1) is 46.1 Å². The first-order valence-corrected chi connectivity index (χ1v) is 15.8. The Labute approximate surface area is 283 Å². The summed E-state index contributed by atoms with van der Waals surface area (Å²) >= 11 is 3.21. The van der Waals surface area contributed by atoms with Crippen LogP contribution in [0.5, 0.6) is 11.5 Å². The molecule has 2 fully saturated rings. The van der Waals surface area contributed by atoms with Crippen LogP contribution in [-0.4, -0.2) is 94.3 Å². The molecule has 4 atom stereocenters. The number of carbonyl (C=O) groups is 1. The van der Waals surface area contributed by atoms with Gasteiger partial charge in [0.1, 0.15) is 16.5 Å². The number of pyridine rings is 2. The van der Waals surface area contributed by atoms with E-state index in [2.05, 4.69) is 40.5 Å². The molecule has 3 N–H and O–H groups in total. The number of likely N-dealkylation sites (tertiary alicyclic amines) is 1. The van der Waals surface area contributed by atoms with Crippen molar-refractivity contribution in [2.75, 3.05) is 44.8 Å². The van der Waals surface area contributed by atoms with Gasteiger partial charge in [0.15, 0.2) is 17.6 Å². The number of hydrogen-bond donors (Lipinski definition) is 3. The van der Waals surface area contributed by atoms with Gasteiger partial charge in [0.2, 0.25) is 11.4 Å². The molecule has 47 heavy (non-hydrogen) atoms. The maximum Gasteiger partial charge on any atom is 0.253 e.